The Morgan fingerprint density at radius 2 is 1.73 bits per heavy atom. The highest BCUT2D eigenvalue weighted by atomic mass is 32.1. The van der Waals surface area contributed by atoms with Crippen molar-refractivity contribution in [2.45, 2.75) is 50.9 Å². The lowest BCUT2D eigenvalue weighted by Gasteiger charge is -2.34. The normalized spacial score (nSPS) is 18.8. The second-order valence-corrected chi connectivity index (χ2v) is 15.1. The molecule has 0 saturated carbocycles. The van der Waals surface area contributed by atoms with Gasteiger partial charge in [0.15, 0.2) is 5.11 Å². The van der Waals surface area contributed by atoms with Crippen LogP contribution >= 0.6 is 12.2 Å². The SMILES string of the molecule is CC1(C)C(=O)N(c2ccc(C#N)c(C(F)(F)F)c2)C(=S)N1c1ccc(OCCN2CCN(CC(=O)Nc3cc(NC4CCC(=O)NC4=O)ccc3F)CC2)c(CCF)c1. The number of amides is 4. The van der Waals surface area contributed by atoms with E-state index in [1.165, 1.54) is 35.2 Å². The third kappa shape index (κ3) is 9.61. The third-order valence-electron chi connectivity index (χ3n) is 10.3. The van der Waals surface area contributed by atoms with Crippen LogP contribution in [0, 0.1) is 17.1 Å². The molecule has 0 radical (unpaired) electrons. The molecule has 3 aromatic rings. The summed E-state index contributed by atoms with van der Waals surface area (Å²) in [6.07, 6.45) is -4.39. The van der Waals surface area contributed by atoms with Gasteiger partial charge in [0, 0.05) is 56.9 Å². The van der Waals surface area contributed by atoms with Crippen LogP contribution < -0.4 is 30.5 Å². The molecule has 6 rings (SSSR count). The Balaban J connectivity index is 1.02. The van der Waals surface area contributed by atoms with Crippen LogP contribution in [0.2, 0.25) is 0 Å². The van der Waals surface area contributed by atoms with Crippen molar-refractivity contribution in [2.75, 3.05) is 73.0 Å². The minimum atomic E-state index is -4.84. The third-order valence-corrected chi connectivity index (χ3v) is 10.7. The second kappa shape index (κ2) is 17.6. The summed E-state index contributed by atoms with van der Waals surface area (Å²) in [4.78, 5) is 56.6. The summed E-state index contributed by atoms with van der Waals surface area (Å²) in [7, 11) is 0. The van der Waals surface area contributed by atoms with Gasteiger partial charge in [-0.2, -0.15) is 18.4 Å². The number of hydrogen-bond donors (Lipinski definition) is 3. The zero-order chi connectivity index (χ0) is 42.6. The van der Waals surface area contributed by atoms with E-state index in [0.29, 0.717) is 61.8 Å². The first-order chi connectivity index (χ1) is 28.0. The maximum absolute atomic E-state index is 14.6. The van der Waals surface area contributed by atoms with Gasteiger partial charge in [0.1, 0.15) is 29.8 Å². The zero-order valence-electron chi connectivity index (χ0n) is 32.1. The lowest BCUT2D eigenvalue weighted by Crippen LogP contribution is -2.49. The van der Waals surface area contributed by atoms with Crippen molar-refractivity contribution in [1.29, 1.82) is 5.26 Å². The number of benzene rings is 3. The van der Waals surface area contributed by atoms with Gasteiger partial charge in [-0.15, -0.1) is 0 Å². The quantitative estimate of drug-likeness (QED) is 0.121. The van der Waals surface area contributed by atoms with Crippen LogP contribution in [0.1, 0.15) is 43.4 Å². The predicted octanol–water partition coefficient (Wildman–Crippen LogP) is 5.00. The number of imide groups is 1. The van der Waals surface area contributed by atoms with Crippen LogP contribution in [0.25, 0.3) is 0 Å². The molecule has 0 bridgehead atoms. The van der Waals surface area contributed by atoms with E-state index in [4.69, 9.17) is 17.0 Å². The molecule has 3 aromatic carbocycles. The van der Waals surface area contributed by atoms with E-state index in [-0.39, 0.29) is 48.4 Å². The molecule has 312 valence electrons. The van der Waals surface area contributed by atoms with Gasteiger partial charge in [0.05, 0.1) is 41.8 Å². The molecule has 0 aromatic heterocycles. The number of nitriles is 1. The van der Waals surface area contributed by atoms with Gasteiger partial charge < -0.3 is 20.3 Å². The number of hydrogen-bond acceptors (Lipinski definition) is 10. The predicted molar refractivity (Wildman–Crippen MR) is 212 cm³/mol. The molecule has 59 heavy (non-hydrogen) atoms. The molecule has 1 atom stereocenters. The van der Waals surface area contributed by atoms with Gasteiger partial charge in [-0.3, -0.25) is 43.6 Å². The summed E-state index contributed by atoms with van der Waals surface area (Å²) >= 11 is 5.65. The molecule has 4 amide bonds. The molecular formula is C40H41F5N8O5S. The number of rotatable bonds is 13. The lowest BCUT2D eigenvalue weighted by atomic mass is 10.0. The van der Waals surface area contributed by atoms with Gasteiger partial charge in [0.25, 0.3) is 5.91 Å². The van der Waals surface area contributed by atoms with E-state index in [1.807, 2.05) is 4.90 Å². The maximum Gasteiger partial charge on any atom is 0.417 e. The fourth-order valence-corrected chi connectivity index (χ4v) is 7.72. The van der Waals surface area contributed by atoms with Crippen LogP contribution in [0.5, 0.6) is 5.75 Å². The van der Waals surface area contributed by atoms with Crippen LogP contribution in [-0.4, -0.2) is 103 Å². The van der Waals surface area contributed by atoms with Gasteiger partial charge in [-0.1, -0.05) is 0 Å². The highest BCUT2D eigenvalue weighted by Gasteiger charge is 2.51. The monoisotopic (exact) mass is 840 g/mol. The smallest absolute Gasteiger partial charge is 0.417 e. The highest BCUT2D eigenvalue weighted by molar-refractivity contribution is 7.81. The van der Waals surface area contributed by atoms with E-state index in [1.54, 1.807) is 32.0 Å². The molecule has 3 heterocycles. The van der Waals surface area contributed by atoms with Crippen molar-refractivity contribution >= 4 is 63.7 Å². The molecule has 0 spiro atoms. The average molecular weight is 841 g/mol. The van der Waals surface area contributed by atoms with Gasteiger partial charge in [-0.05, 0) is 92.6 Å². The summed E-state index contributed by atoms with van der Waals surface area (Å²) in [6.45, 7) is 5.56. The minimum absolute atomic E-state index is 0.0162. The summed E-state index contributed by atoms with van der Waals surface area (Å²) in [5.41, 5.74) is -1.98. The minimum Gasteiger partial charge on any atom is -0.492 e. The molecule has 0 aliphatic carbocycles. The van der Waals surface area contributed by atoms with Crippen LogP contribution in [0.15, 0.2) is 54.6 Å². The molecule has 3 aliphatic rings. The molecule has 13 nitrogen and oxygen atoms in total. The van der Waals surface area contributed by atoms with Crippen molar-refractivity contribution in [3.05, 3.63) is 77.1 Å². The highest BCUT2D eigenvalue weighted by Crippen LogP contribution is 2.40. The number of piperidine rings is 1. The Morgan fingerprint density at radius 3 is 2.41 bits per heavy atom. The van der Waals surface area contributed by atoms with Gasteiger partial charge in [0.2, 0.25) is 17.7 Å². The summed E-state index contributed by atoms with van der Waals surface area (Å²) in [5, 5.41) is 16.9. The number of aryl methyl sites for hydroxylation is 1. The van der Waals surface area contributed by atoms with Gasteiger partial charge in [-0.25, -0.2) is 4.39 Å². The number of ether oxygens (including phenoxy) is 1. The number of nitrogens with zero attached hydrogens (tertiary/aromatic N) is 5. The number of anilines is 4. The molecule has 3 N–H and O–H groups in total. The molecule has 3 aliphatic heterocycles. The van der Waals surface area contributed by atoms with Gasteiger partial charge >= 0.3 is 6.18 Å². The Hall–Kier alpha value is -5.71. The van der Waals surface area contributed by atoms with Crippen LogP contribution in [-0.2, 0) is 31.8 Å². The Bertz CT molecular complexity index is 2190. The summed E-state index contributed by atoms with van der Waals surface area (Å²) in [5.74, 6) is -2.06. The van der Waals surface area contributed by atoms with Crippen LogP contribution in [0.3, 0.4) is 0 Å². The fourth-order valence-electron chi connectivity index (χ4n) is 7.19. The van der Waals surface area contributed by atoms with Crippen molar-refractivity contribution < 1.29 is 45.9 Å². The number of halogens is 5. The van der Waals surface area contributed by atoms with E-state index in [0.717, 1.165) is 17.0 Å². The second-order valence-electron chi connectivity index (χ2n) is 14.7. The van der Waals surface area contributed by atoms with Crippen LogP contribution in [0.4, 0.5) is 44.7 Å². The number of alkyl halides is 4. The maximum atomic E-state index is 14.6. The van der Waals surface area contributed by atoms with Crippen molar-refractivity contribution in [1.82, 2.24) is 15.1 Å². The summed E-state index contributed by atoms with van der Waals surface area (Å²) < 4.78 is 75.7. The number of thiocarbonyl (C=S) groups is 1. The topological polar surface area (TPSA) is 150 Å². The number of nitrogens with one attached hydrogen (secondary N) is 3. The largest absolute Gasteiger partial charge is 0.492 e. The zero-order valence-corrected chi connectivity index (χ0v) is 32.9. The molecule has 1 unspecified atom stereocenters. The molecule has 3 saturated heterocycles. The average Bonchev–Trinajstić information content (AvgIpc) is 3.36. The Morgan fingerprint density at radius 1 is 1.02 bits per heavy atom. The number of piperazine rings is 1. The lowest BCUT2D eigenvalue weighted by molar-refractivity contribution is -0.138. The number of carbonyl (C=O) groups excluding carboxylic acids is 4. The van der Waals surface area contributed by atoms with Crippen molar-refractivity contribution in [3.8, 4) is 11.8 Å². The number of carbonyl (C=O) groups is 4. The first kappa shape index (κ1) is 42.9. The van der Waals surface area contributed by atoms with E-state index >= 15 is 0 Å². The molecule has 3 fully saturated rings. The molecule has 19 heteroatoms. The van der Waals surface area contributed by atoms with E-state index in [9.17, 15) is 46.4 Å². The Labute approximate surface area is 342 Å². The molecular weight excluding hydrogens is 800 g/mol. The van der Waals surface area contributed by atoms with Crippen molar-refractivity contribution in [3.63, 3.8) is 0 Å². The standard InChI is InChI=1S/C40H41F5N8O5S/c1-39(2)37(57)52(27-5-3-25(22-46)29(21-27)40(43,44)45)38(59)53(39)28-6-9-33(24(19-28)11-12-41)58-18-17-50-13-15-51(16-14-50)23-35(55)48-32-20-26(4-7-30(32)42)47-31-8-10-34(54)49-36(31)56/h3-7,9,19-21,31,47H,8,10-18,23H2,1-2H3,(H,48,55)(H,49,54,56). The van der Waals surface area contributed by atoms with Crippen molar-refractivity contribution in [2.24, 2.45) is 0 Å². The Kier molecular flexibility index (Phi) is 12.8. The fraction of sp³-hybridized carbons (Fsp3) is 0.400. The van der Waals surface area contributed by atoms with E-state index < -0.39 is 59.1 Å². The van der Waals surface area contributed by atoms with E-state index in [2.05, 4.69) is 20.9 Å². The first-order valence-corrected chi connectivity index (χ1v) is 19.2. The summed E-state index contributed by atoms with van der Waals surface area (Å²) in [6, 6.07) is 12.7. The first-order valence-electron chi connectivity index (χ1n) is 18.8.